The number of hydrogen-bond donors (Lipinski definition) is 4. The van der Waals surface area contributed by atoms with E-state index in [0.29, 0.717) is 13.0 Å². The Labute approximate surface area is 267 Å². The van der Waals surface area contributed by atoms with Crippen LogP contribution in [0.3, 0.4) is 0 Å². The van der Waals surface area contributed by atoms with E-state index in [2.05, 4.69) is 23.5 Å². The molecule has 3 atom stereocenters. The molecule has 0 spiro atoms. The first-order chi connectivity index (χ1) is 22.0. The normalized spacial score (nSPS) is 17.9. The summed E-state index contributed by atoms with van der Waals surface area (Å²) in [6, 6.07) is 34.4. The molecule has 1 aliphatic heterocycles. The molecular weight excluding hydrogens is 588 g/mol. The fourth-order valence-electron chi connectivity index (χ4n) is 5.21. The third-order valence-electron chi connectivity index (χ3n) is 7.64. The Morgan fingerprint density at radius 1 is 0.778 bits per heavy atom. The number of amides is 2. The lowest BCUT2D eigenvalue weighted by atomic mass is 9.99. The van der Waals surface area contributed by atoms with Gasteiger partial charge < -0.3 is 19.9 Å². The monoisotopic (exact) mass is 626 g/mol. The zero-order chi connectivity index (χ0) is 31.4. The van der Waals surface area contributed by atoms with Gasteiger partial charge >= 0.3 is 0 Å². The van der Waals surface area contributed by atoms with Gasteiger partial charge in [0.1, 0.15) is 0 Å². The smallest absolute Gasteiger partial charge is 0.243 e. The molecule has 0 unspecified atom stereocenters. The summed E-state index contributed by atoms with van der Waals surface area (Å²) >= 11 is 1.77. The standard InChI is InChI=1S/C36H38N2O6S/c39-23-25-15-17-27(18-16-25)33-21-31(24-45-32-11-2-1-3-12-32)43-36(44-33)30-10-5-9-29(20-30)28-8-4-7-26(19-28)22-37-34(40)13-6-14-35(41)38-42/h1-5,7-12,15-20,31,33,36,39,42H,6,13-14,21-24H2,(H,37,40)(H,38,41)/t31-,33+,36+/m0/s1. The average Bonchev–Trinajstić information content (AvgIpc) is 3.10. The molecule has 1 heterocycles. The number of rotatable bonds is 13. The minimum Gasteiger partial charge on any atom is -0.392 e. The summed E-state index contributed by atoms with van der Waals surface area (Å²) in [5, 5.41) is 21.0. The van der Waals surface area contributed by atoms with E-state index < -0.39 is 12.2 Å². The Hall–Kier alpha value is -3.99. The largest absolute Gasteiger partial charge is 0.392 e. The van der Waals surface area contributed by atoms with Crippen LogP contribution in [0.5, 0.6) is 0 Å². The van der Waals surface area contributed by atoms with Crippen LogP contribution in [0.2, 0.25) is 0 Å². The Bertz CT molecular complexity index is 1550. The number of hydrogen-bond acceptors (Lipinski definition) is 7. The van der Waals surface area contributed by atoms with E-state index in [9.17, 15) is 14.7 Å². The first-order valence-electron chi connectivity index (χ1n) is 15.1. The van der Waals surface area contributed by atoms with Crippen molar-refractivity contribution in [2.24, 2.45) is 0 Å². The third kappa shape index (κ3) is 9.50. The van der Waals surface area contributed by atoms with E-state index >= 15 is 0 Å². The summed E-state index contributed by atoms with van der Waals surface area (Å²) in [5.74, 6) is 0.132. The van der Waals surface area contributed by atoms with Crippen LogP contribution in [0.25, 0.3) is 11.1 Å². The Kier molecular flexibility index (Phi) is 11.8. The summed E-state index contributed by atoms with van der Waals surface area (Å²) in [7, 11) is 0. The van der Waals surface area contributed by atoms with Crippen LogP contribution in [0, 0.1) is 0 Å². The Balaban J connectivity index is 1.28. The number of hydroxylamine groups is 1. The molecule has 1 fully saturated rings. The molecular formula is C36H38N2O6S. The van der Waals surface area contributed by atoms with E-state index in [-0.39, 0.29) is 37.6 Å². The maximum Gasteiger partial charge on any atom is 0.243 e. The van der Waals surface area contributed by atoms with Gasteiger partial charge in [0.25, 0.3) is 0 Å². The van der Waals surface area contributed by atoms with Crippen molar-refractivity contribution in [3.05, 3.63) is 125 Å². The van der Waals surface area contributed by atoms with Crippen molar-refractivity contribution >= 4 is 23.6 Å². The second-order valence-electron chi connectivity index (χ2n) is 11.0. The first-order valence-corrected chi connectivity index (χ1v) is 16.1. The van der Waals surface area contributed by atoms with Crippen molar-refractivity contribution < 1.29 is 29.4 Å². The quantitative estimate of drug-likeness (QED) is 0.0763. The molecule has 1 saturated heterocycles. The van der Waals surface area contributed by atoms with Crippen molar-refractivity contribution in [3.8, 4) is 11.1 Å². The number of thioether (sulfide) groups is 1. The van der Waals surface area contributed by atoms with Crippen LogP contribution in [-0.4, -0.2) is 34.0 Å². The molecule has 5 rings (SSSR count). The number of ether oxygens (including phenoxy) is 2. The molecule has 1 aliphatic rings. The molecule has 234 valence electrons. The van der Waals surface area contributed by atoms with Crippen molar-refractivity contribution in [1.82, 2.24) is 10.8 Å². The summed E-state index contributed by atoms with van der Waals surface area (Å²) in [6.07, 6.45) is 0.615. The Morgan fingerprint density at radius 3 is 2.27 bits per heavy atom. The lowest BCUT2D eigenvalue weighted by Crippen LogP contribution is -2.31. The SMILES string of the molecule is O=C(CCCC(=O)NCc1cccc(-c2cccc([C@@H]3O[C@H](CSc4ccccc4)C[C@H](c4ccc(CO)cc4)O3)c2)c1)NO. The molecule has 45 heavy (non-hydrogen) atoms. The van der Waals surface area contributed by atoms with E-state index in [1.54, 1.807) is 17.2 Å². The lowest BCUT2D eigenvalue weighted by Gasteiger charge is -2.36. The van der Waals surface area contributed by atoms with Crippen LogP contribution in [0.4, 0.5) is 0 Å². The maximum absolute atomic E-state index is 12.2. The maximum atomic E-state index is 12.2. The molecule has 9 heteroatoms. The molecule has 0 saturated carbocycles. The van der Waals surface area contributed by atoms with Gasteiger partial charge in [-0.15, -0.1) is 11.8 Å². The minimum atomic E-state index is -0.557. The molecule has 4 N–H and O–H groups in total. The van der Waals surface area contributed by atoms with Gasteiger partial charge in [-0.3, -0.25) is 14.8 Å². The van der Waals surface area contributed by atoms with Crippen LogP contribution in [0.15, 0.2) is 108 Å². The number of benzene rings is 4. The van der Waals surface area contributed by atoms with Crippen molar-refractivity contribution in [1.29, 1.82) is 0 Å². The fourth-order valence-corrected chi connectivity index (χ4v) is 6.15. The molecule has 4 aromatic rings. The predicted molar refractivity (Wildman–Crippen MR) is 173 cm³/mol. The summed E-state index contributed by atoms with van der Waals surface area (Å²) in [4.78, 5) is 24.6. The van der Waals surface area contributed by atoms with E-state index in [1.807, 2.05) is 84.9 Å². The number of aliphatic hydroxyl groups is 1. The summed E-state index contributed by atoms with van der Waals surface area (Å²) < 4.78 is 13.1. The van der Waals surface area contributed by atoms with Crippen LogP contribution >= 0.6 is 11.8 Å². The fraction of sp³-hybridized carbons (Fsp3) is 0.278. The van der Waals surface area contributed by atoms with Gasteiger partial charge in [0.15, 0.2) is 6.29 Å². The highest BCUT2D eigenvalue weighted by Gasteiger charge is 2.32. The predicted octanol–water partition coefficient (Wildman–Crippen LogP) is 6.48. The zero-order valence-electron chi connectivity index (χ0n) is 24.9. The van der Waals surface area contributed by atoms with Crippen molar-refractivity contribution in [3.63, 3.8) is 0 Å². The topological polar surface area (TPSA) is 117 Å². The number of aliphatic hydroxyl groups excluding tert-OH is 1. The van der Waals surface area contributed by atoms with Gasteiger partial charge in [0, 0.05) is 42.0 Å². The molecule has 0 aliphatic carbocycles. The molecule has 0 aromatic heterocycles. The van der Waals surface area contributed by atoms with Gasteiger partial charge in [-0.05, 0) is 58.5 Å². The molecule has 0 radical (unpaired) electrons. The van der Waals surface area contributed by atoms with Gasteiger partial charge in [0.05, 0.1) is 18.8 Å². The van der Waals surface area contributed by atoms with E-state index in [1.165, 1.54) is 4.90 Å². The third-order valence-corrected chi connectivity index (χ3v) is 8.78. The summed E-state index contributed by atoms with van der Waals surface area (Å²) in [6.45, 7) is 0.366. The number of nitrogens with one attached hydrogen (secondary N) is 2. The first kappa shape index (κ1) is 32.4. The highest BCUT2D eigenvalue weighted by molar-refractivity contribution is 7.99. The summed E-state index contributed by atoms with van der Waals surface area (Å²) in [5.41, 5.74) is 7.38. The number of carbonyl (C=O) groups is 2. The van der Waals surface area contributed by atoms with Gasteiger partial charge in [0.2, 0.25) is 11.8 Å². The average molecular weight is 627 g/mol. The van der Waals surface area contributed by atoms with Gasteiger partial charge in [-0.2, -0.15) is 0 Å². The van der Waals surface area contributed by atoms with Crippen molar-refractivity contribution in [2.45, 2.75) is 62.2 Å². The second kappa shape index (κ2) is 16.4. The van der Waals surface area contributed by atoms with Crippen molar-refractivity contribution in [2.75, 3.05) is 5.75 Å². The van der Waals surface area contributed by atoms with Gasteiger partial charge in [-0.25, -0.2) is 5.48 Å². The minimum absolute atomic E-state index is 0.000248. The van der Waals surface area contributed by atoms with E-state index in [0.717, 1.165) is 45.6 Å². The van der Waals surface area contributed by atoms with Crippen LogP contribution in [0.1, 0.15) is 60.3 Å². The molecule has 8 nitrogen and oxygen atoms in total. The molecule has 4 aromatic carbocycles. The second-order valence-corrected chi connectivity index (χ2v) is 12.1. The van der Waals surface area contributed by atoms with Gasteiger partial charge in [-0.1, -0.05) is 78.9 Å². The molecule has 2 amide bonds. The van der Waals surface area contributed by atoms with Crippen LogP contribution < -0.4 is 10.8 Å². The molecule has 0 bridgehead atoms. The Morgan fingerprint density at radius 2 is 1.51 bits per heavy atom. The zero-order valence-corrected chi connectivity index (χ0v) is 25.7. The van der Waals surface area contributed by atoms with E-state index in [4.69, 9.17) is 14.7 Å². The highest BCUT2D eigenvalue weighted by atomic mass is 32.2. The lowest BCUT2D eigenvalue weighted by molar-refractivity contribution is -0.245. The van der Waals surface area contributed by atoms with Crippen LogP contribution in [-0.2, 0) is 32.2 Å². The number of carbonyl (C=O) groups excluding carboxylic acids is 2. The highest BCUT2D eigenvalue weighted by Crippen LogP contribution is 2.40.